The van der Waals surface area contributed by atoms with Crippen molar-refractivity contribution in [1.29, 1.82) is 0 Å². The molecule has 0 aliphatic rings. The first-order valence-corrected chi connectivity index (χ1v) is 33.2. The van der Waals surface area contributed by atoms with Crippen LogP contribution in [-0.4, -0.2) is 37.2 Å². The highest BCUT2D eigenvalue weighted by Gasteiger charge is 2.19. The van der Waals surface area contributed by atoms with Crippen molar-refractivity contribution < 1.29 is 28.6 Å². The first kappa shape index (κ1) is 75.5. The van der Waals surface area contributed by atoms with Crippen molar-refractivity contribution in [1.82, 2.24) is 0 Å². The molecule has 0 aromatic carbocycles. The van der Waals surface area contributed by atoms with Gasteiger partial charge in [-0.1, -0.05) is 276 Å². The maximum Gasteiger partial charge on any atom is 0.306 e. The van der Waals surface area contributed by atoms with E-state index in [0.717, 1.165) is 148 Å². The second-order valence-corrected chi connectivity index (χ2v) is 21.6. The molecular formula is C74H122O6. The van der Waals surface area contributed by atoms with Gasteiger partial charge in [0.2, 0.25) is 0 Å². The lowest BCUT2D eigenvalue weighted by Crippen LogP contribution is -2.30. The van der Waals surface area contributed by atoms with E-state index >= 15 is 0 Å². The fraction of sp³-hybridized carbons (Fsp3) is 0.662. The molecule has 0 aliphatic heterocycles. The number of esters is 3. The van der Waals surface area contributed by atoms with Crippen molar-refractivity contribution >= 4 is 17.9 Å². The fourth-order valence-electron chi connectivity index (χ4n) is 8.96. The molecule has 1 unspecified atom stereocenters. The van der Waals surface area contributed by atoms with Crippen LogP contribution in [0, 0.1) is 0 Å². The minimum absolute atomic E-state index is 0.0920. The Morgan fingerprint density at radius 2 is 0.487 bits per heavy atom. The van der Waals surface area contributed by atoms with E-state index < -0.39 is 6.10 Å². The van der Waals surface area contributed by atoms with Gasteiger partial charge in [-0.3, -0.25) is 14.4 Å². The molecule has 80 heavy (non-hydrogen) atoms. The Kier molecular flexibility index (Phi) is 63.3. The van der Waals surface area contributed by atoms with Crippen molar-refractivity contribution in [3.8, 4) is 0 Å². The van der Waals surface area contributed by atoms with Gasteiger partial charge in [-0.2, -0.15) is 0 Å². The van der Waals surface area contributed by atoms with Crippen LogP contribution in [0.15, 0.2) is 134 Å². The summed E-state index contributed by atoms with van der Waals surface area (Å²) >= 11 is 0. The second-order valence-electron chi connectivity index (χ2n) is 21.6. The molecule has 454 valence electrons. The third kappa shape index (κ3) is 64.4. The molecule has 6 heteroatoms. The summed E-state index contributed by atoms with van der Waals surface area (Å²) in [5, 5.41) is 0. The maximum atomic E-state index is 12.9. The van der Waals surface area contributed by atoms with Gasteiger partial charge in [0.15, 0.2) is 6.10 Å². The van der Waals surface area contributed by atoms with E-state index in [1.165, 1.54) is 109 Å². The van der Waals surface area contributed by atoms with Gasteiger partial charge in [-0.05, 0) is 135 Å². The summed E-state index contributed by atoms with van der Waals surface area (Å²) in [6, 6.07) is 0. The fourth-order valence-corrected chi connectivity index (χ4v) is 8.96. The molecule has 6 nitrogen and oxygen atoms in total. The van der Waals surface area contributed by atoms with Gasteiger partial charge in [0, 0.05) is 19.3 Å². The molecule has 0 aromatic rings. The standard InChI is InChI=1S/C74H122O6/c1-4-7-10-13-16-19-22-25-28-30-32-33-34-35-36-37-38-39-40-41-42-44-46-49-52-55-58-61-64-67-73(76)79-70-71(69-78-72(75)66-63-60-57-54-51-48-45-27-24-21-18-15-12-9-6-3)80-74(77)68-65-62-59-56-53-50-47-43-31-29-26-23-20-17-14-11-8-5-2/h7,9-10,12,16,18-21,23,25,27-29,31-33,35-36,38-39,45,71H,4-6,8,11,13-15,17,22,24,26,30,34,37,40-44,46-70H2,1-3H3/b10-7-,12-9-,19-16-,21-18-,23-20-,28-25-,31-29-,33-32-,36-35-,39-38-,45-27-. The van der Waals surface area contributed by atoms with Gasteiger partial charge in [-0.15, -0.1) is 0 Å². The number of rotatable bonds is 59. The Morgan fingerprint density at radius 3 is 0.762 bits per heavy atom. The zero-order chi connectivity index (χ0) is 57.8. The lowest BCUT2D eigenvalue weighted by atomic mass is 10.1. The highest BCUT2D eigenvalue weighted by molar-refractivity contribution is 5.71. The first-order chi connectivity index (χ1) is 39.5. The van der Waals surface area contributed by atoms with E-state index in [1.54, 1.807) is 0 Å². The Balaban J connectivity index is 4.35. The monoisotopic (exact) mass is 1110 g/mol. The molecule has 1 atom stereocenters. The van der Waals surface area contributed by atoms with Gasteiger partial charge >= 0.3 is 17.9 Å². The SMILES string of the molecule is CC/C=C\C/C=C\C/C=C\C/C=C\C/C=C\C/C=C\CCCCCCCCCCCCC(=O)OCC(COC(=O)CCCCCCC/C=C\C/C=C\C/C=C\CC)OC(=O)CCCCCCCCC/C=C\C/C=C\CCCCCC. The summed E-state index contributed by atoms with van der Waals surface area (Å²) in [6.45, 7) is 6.39. The predicted octanol–water partition coefficient (Wildman–Crippen LogP) is 22.9. The minimum Gasteiger partial charge on any atom is -0.462 e. The van der Waals surface area contributed by atoms with E-state index in [2.05, 4.69) is 154 Å². The van der Waals surface area contributed by atoms with E-state index in [0.29, 0.717) is 19.3 Å². The molecule has 0 bridgehead atoms. The number of carbonyl (C=O) groups excluding carboxylic acids is 3. The zero-order valence-corrected chi connectivity index (χ0v) is 52.0. The van der Waals surface area contributed by atoms with Gasteiger partial charge in [0.1, 0.15) is 13.2 Å². The molecule has 0 saturated heterocycles. The van der Waals surface area contributed by atoms with Crippen LogP contribution in [0.4, 0.5) is 0 Å². The molecule has 0 aromatic heterocycles. The lowest BCUT2D eigenvalue weighted by Gasteiger charge is -2.18. The summed E-state index contributed by atoms with van der Waals surface area (Å²) in [5.41, 5.74) is 0. The second kappa shape index (κ2) is 67.1. The van der Waals surface area contributed by atoms with Crippen LogP contribution in [0.2, 0.25) is 0 Å². The van der Waals surface area contributed by atoms with Crippen LogP contribution in [-0.2, 0) is 28.6 Å². The van der Waals surface area contributed by atoms with E-state index in [9.17, 15) is 14.4 Å². The lowest BCUT2D eigenvalue weighted by molar-refractivity contribution is -0.167. The molecule has 0 fully saturated rings. The average molecular weight is 1110 g/mol. The summed E-state index contributed by atoms with van der Waals surface area (Å²) in [5.74, 6) is -0.916. The maximum absolute atomic E-state index is 12.9. The van der Waals surface area contributed by atoms with E-state index in [4.69, 9.17) is 14.2 Å². The largest absolute Gasteiger partial charge is 0.462 e. The highest BCUT2D eigenvalue weighted by atomic mass is 16.6. The normalized spacial score (nSPS) is 13.0. The summed E-state index contributed by atoms with van der Waals surface area (Å²) in [7, 11) is 0. The smallest absolute Gasteiger partial charge is 0.306 e. The minimum atomic E-state index is -0.797. The number of carbonyl (C=O) groups is 3. The molecule has 0 aliphatic carbocycles. The number of unbranched alkanes of at least 4 members (excludes halogenated alkanes) is 26. The number of hydrogen-bond donors (Lipinski definition) is 0. The first-order valence-electron chi connectivity index (χ1n) is 33.2. The van der Waals surface area contributed by atoms with Crippen LogP contribution in [0.5, 0.6) is 0 Å². The Bertz CT molecular complexity index is 1700. The van der Waals surface area contributed by atoms with Crippen molar-refractivity contribution in [2.75, 3.05) is 13.2 Å². The molecule has 0 radical (unpaired) electrons. The Hall–Kier alpha value is -4.45. The quantitative estimate of drug-likeness (QED) is 0.0261. The molecule has 0 heterocycles. The molecule has 0 rings (SSSR count). The number of allylic oxidation sites excluding steroid dienone is 22. The highest BCUT2D eigenvalue weighted by Crippen LogP contribution is 2.15. The Morgan fingerprint density at radius 1 is 0.263 bits per heavy atom. The molecule has 0 saturated carbocycles. The molecule has 0 spiro atoms. The number of ether oxygens (including phenoxy) is 3. The average Bonchev–Trinajstić information content (AvgIpc) is 3.46. The zero-order valence-electron chi connectivity index (χ0n) is 52.0. The van der Waals surface area contributed by atoms with Gasteiger partial charge in [-0.25, -0.2) is 0 Å². The molecule has 0 amide bonds. The molecular weight excluding hydrogens is 985 g/mol. The molecule has 0 N–H and O–H groups in total. The van der Waals surface area contributed by atoms with Crippen LogP contribution in [0.3, 0.4) is 0 Å². The summed E-state index contributed by atoms with van der Waals surface area (Å²) in [4.78, 5) is 38.4. The van der Waals surface area contributed by atoms with E-state index in [1.807, 2.05) is 0 Å². The Labute approximate surface area is 494 Å². The summed E-state index contributed by atoms with van der Waals surface area (Å²) < 4.78 is 16.9. The van der Waals surface area contributed by atoms with Crippen LogP contribution >= 0.6 is 0 Å². The van der Waals surface area contributed by atoms with E-state index in [-0.39, 0.29) is 31.1 Å². The van der Waals surface area contributed by atoms with Crippen LogP contribution in [0.25, 0.3) is 0 Å². The summed E-state index contributed by atoms with van der Waals surface area (Å²) in [6.07, 6.45) is 94.6. The van der Waals surface area contributed by atoms with Crippen molar-refractivity contribution in [3.63, 3.8) is 0 Å². The van der Waals surface area contributed by atoms with Gasteiger partial charge in [0.25, 0.3) is 0 Å². The van der Waals surface area contributed by atoms with Crippen LogP contribution in [0.1, 0.15) is 297 Å². The van der Waals surface area contributed by atoms with Crippen molar-refractivity contribution in [2.24, 2.45) is 0 Å². The predicted molar refractivity (Wildman–Crippen MR) is 348 cm³/mol. The van der Waals surface area contributed by atoms with Crippen LogP contribution < -0.4 is 0 Å². The van der Waals surface area contributed by atoms with Crippen molar-refractivity contribution in [2.45, 2.75) is 303 Å². The topological polar surface area (TPSA) is 78.9 Å². The van der Waals surface area contributed by atoms with Crippen molar-refractivity contribution in [3.05, 3.63) is 134 Å². The third-order valence-corrected chi connectivity index (χ3v) is 13.9. The van der Waals surface area contributed by atoms with Gasteiger partial charge in [0.05, 0.1) is 0 Å². The third-order valence-electron chi connectivity index (χ3n) is 13.9. The number of hydrogen-bond acceptors (Lipinski definition) is 6. The van der Waals surface area contributed by atoms with Gasteiger partial charge < -0.3 is 14.2 Å².